The van der Waals surface area contributed by atoms with Crippen molar-refractivity contribution in [1.82, 2.24) is 9.47 Å². The van der Waals surface area contributed by atoms with E-state index in [4.69, 9.17) is 9.47 Å². The molecule has 0 aliphatic carbocycles. The molecule has 2 unspecified atom stereocenters. The number of likely N-dealkylation sites (tertiary alicyclic amines) is 1. The SMILES string of the molecule is CC(C)c1c(C(=O)Nc2ccccc2)c(-c2ccccc2)c(-c2ccc(F)cc2)n1CCC1CC(CC(=O)N2CCCCC2)OC(C)(C)O1. The highest BCUT2D eigenvalue weighted by molar-refractivity contribution is 6.12. The first-order valence-electron chi connectivity index (χ1n) is 17.7. The average molecular weight is 666 g/mol. The highest BCUT2D eigenvalue weighted by atomic mass is 19.1. The van der Waals surface area contributed by atoms with Crippen LogP contribution in [-0.4, -0.2) is 52.4 Å². The zero-order valence-electron chi connectivity index (χ0n) is 29.1. The van der Waals surface area contributed by atoms with Crippen molar-refractivity contribution < 1.29 is 23.5 Å². The molecule has 0 radical (unpaired) electrons. The van der Waals surface area contributed by atoms with Crippen LogP contribution in [0, 0.1) is 5.82 Å². The fourth-order valence-corrected chi connectivity index (χ4v) is 7.47. The molecule has 6 rings (SSSR count). The van der Waals surface area contributed by atoms with Gasteiger partial charge in [-0.3, -0.25) is 9.59 Å². The van der Waals surface area contributed by atoms with Crippen LogP contribution in [0.15, 0.2) is 84.9 Å². The second-order valence-corrected chi connectivity index (χ2v) is 14.0. The zero-order chi connectivity index (χ0) is 34.5. The maximum atomic E-state index is 14.4. The van der Waals surface area contributed by atoms with Gasteiger partial charge >= 0.3 is 0 Å². The molecule has 2 fully saturated rings. The average Bonchev–Trinajstić information content (AvgIpc) is 3.44. The van der Waals surface area contributed by atoms with E-state index in [1.54, 1.807) is 12.1 Å². The van der Waals surface area contributed by atoms with Crippen molar-refractivity contribution in [3.8, 4) is 22.4 Å². The van der Waals surface area contributed by atoms with Crippen LogP contribution in [0.2, 0.25) is 0 Å². The smallest absolute Gasteiger partial charge is 0.258 e. The predicted molar refractivity (Wildman–Crippen MR) is 192 cm³/mol. The monoisotopic (exact) mass is 665 g/mol. The van der Waals surface area contributed by atoms with Gasteiger partial charge in [0.15, 0.2) is 5.79 Å². The number of hydrogen-bond acceptors (Lipinski definition) is 4. The van der Waals surface area contributed by atoms with Crippen LogP contribution >= 0.6 is 0 Å². The molecule has 0 bridgehead atoms. The van der Waals surface area contributed by atoms with Crippen LogP contribution in [0.3, 0.4) is 0 Å². The summed E-state index contributed by atoms with van der Waals surface area (Å²) in [6, 6.07) is 25.9. The van der Waals surface area contributed by atoms with Crippen LogP contribution in [0.25, 0.3) is 22.4 Å². The van der Waals surface area contributed by atoms with Gasteiger partial charge in [-0.2, -0.15) is 0 Å². The molecule has 0 saturated carbocycles. The summed E-state index contributed by atoms with van der Waals surface area (Å²) < 4.78 is 29.3. The van der Waals surface area contributed by atoms with Crippen LogP contribution in [0.1, 0.15) is 88.2 Å². The quantitative estimate of drug-likeness (QED) is 0.184. The number of nitrogens with one attached hydrogen (secondary N) is 1. The molecule has 258 valence electrons. The second kappa shape index (κ2) is 15.1. The molecule has 1 aromatic heterocycles. The number of para-hydroxylation sites is 1. The molecule has 2 atom stereocenters. The molecular formula is C41H48FN3O4. The Bertz CT molecular complexity index is 1730. The molecule has 4 aromatic rings. The summed E-state index contributed by atoms with van der Waals surface area (Å²) in [4.78, 5) is 29.6. The van der Waals surface area contributed by atoms with E-state index in [1.165, 1.54) is 18.6 Å². The van der Waals surface area contributed by atoms with E-state index in [9.17, 15) is 14.0 Å². The highest BCUT2D eigenvalue weighted by Gasteiger charge is 2.38. The summed E-state index contributed by atoms with van der Waals surface area (Å²) in [6.07, 6.45) is 4.43. The Labute approximate surface area is 289 Å². The standard InChI is InChI=1S/C41H48FN3O4/c1-28(2)38-37(40(47)43-32-16-10-6-11-17-32)36(29-14-8-5-9-15-29)39(30-18-20-31(42)21-19-30)45(38)25-22-33-26-34(49-41(3,4)48-33)27-35(46)44-23-12-7-13-24-44/h5-6,8-11,14-21,28,33-34H,7,12-13,22-27H2,1-4H3,(H,43,47). The predicted octanol–water partition coefficient (Wildman–Crippen LogP) is 9.04. The van der Waals surface area contributed by atoms with Crippen LogP contribution < -0.4 is 5.32 Å². The summed E-state index contributed by atoms with van der Waals surface area (Å²) in [5.41, 5.74) is 5.59. The number of nitrogens with zero attached hydrogens (tertiary/aromatic N) is 2. The fourth-order valence-electron chi connectivity index (χ4n) is 7.47. The van der Waals surface area contributed by atoms with Gasteiger partial charge in [-0.1, -0.05) is 62.4 Å². The van der Waals surface area contributed by atoms with E-state index in [0.29, 0.717) is 37.1 Å². The first-order valence-corrected chi connectivity index (χ1v) is 17.7. The van der Waals surface area contributed by atoms with Gasteiger partial charge in [0.1, 0.15) is 5.82 Å². The maximum Gasteiger partial charge on any atom is 0.258 e. The molecule has 8 heteroatoms. The fraction of sp³-hybridized carbons (Fsp3) is 0.415. The van der Waals surface area contributed by atoms with Crippen molar-refractivity contribution in [2.75, 3.05) is 18.4 Å². The first kappa shape index (κ1) is 34.6. The van der Waals surface area contributed by atoms with Crippen molar-refractivity contribution in [2.45, 2.75) is 96.7 Å². The molecule has 49 heavy (non-hydrogen) atoms. The summed E-state index contributed by atoms with van der Waals surface area (Å²) in [5, 5.41) is 3.14. The number of carbonyl (C=O) groups is 2. The minimum atomic E-state index is -0.844. The lowest BCUT2D eigenvalue weighted by atomic mass is 9.94. The number of halogens is 1. The number of piperidine rings is 1. The zero-order valence-corrected chi connectivity index (χ0v) is 29.1. The Morgan fingerprint density at radius 2 is 1.49 bits per heavy atom. The summed E-state index contributed by atoms with van der Waals surface area (Å²) >= 11 is 0. The Kier molecular flexibility index (Phi) is 10.7. The van der Waals surface area contributed by atoms with Gasteiger partial charge in [0, 0.05) is 43.0 Å². The van der Waals surface area contributed by atoms with Gasteiger partial charge in [0.05, 0.1) is 29.9 Å². The van der Waals surface area contributed by atoms with E-state index < -0.39 is 5.79 Å². The summed E-state index contributed by atoms with van der Waals surface area (Å²) in [7, 11) is 0. The van der Waals surface area contributed by atoms with Gasteiger partial charge in [0.25, 0.3) is 5.91 Å². The van der Waals surface area contributed by atoms with E-state index in [-0.39, 0.29) is 35.8 Å². The van der Waals surface area contributed by atoms with Crippen LogP contribution in [-0.2, 0) is 20.8 Å². The number of aromatic nitrogens is 1. The Balaban J connectivity index is 1.39. The molecule has 3 heterocycles. The topological polar surface area (TPSA) is 72.8 Å². The van der Waals surface area contributed by atoms with Gasteiger partial charge in [-0.25, -0.2) is 4.39 Å². The lowest BCUT2D eigenvalue weighted by molar-refractivity contribution is -0.300. The minimum absolute atomic E-state index is 0.0184. The Hall–Kier alpha value is -4.27. The first-order chi connectivity index (χ1) is 23.6. The van der Waals surface area contributed by atoms with E-state index >= 15 is 0 Å². The third-order valence-electron chi connectivity index (χ3n) is 9.50. The van der Waals surface area contributed by atoms with Crippen LogP contribution in [0.4, 0.5) is 10.1 Å². The largest absolute Gasteiger partial charge is 0.347 e. The van der Waals surface area contributed by atoms with Gasteiger partial charge in [0.2, 0.25) is 5.91 Å². The maximum absolute atomic E-state index is 14.4. The normalized spacial score (nSPS) is 19.2. The van der Waals surface area contributed by atoms with E-state index in [2.05, 4.69) is 23.7 Å². The number of rotatable bonds is 10. The Morgan fingerprint density at radius 1 is 0.857 bits per heavy atom. The van der Waals surface area contributed by atoms with E-state index in [0.717, 1.165) is 54.0 Å². The molecule has 7 nitrogen and oxygen atoms in total. The molecule has 2 aliphatic heterocycles. The number of amides is 2. The molecule has 2 saturated heterocycles. The molecule has 2 aliphatic rings. The van der Waals surface area contributed by atoms with Gasteiger partial charge < -0.3 is 24.3 Å². The molecular weight excluding hydrogens is 617 g/mol. The van der Waals surface area contributed by atoms with Gasteiger partial charge in [-0.15, -0.1) is 0 Å². The molecule has 1 N–H and O–H groups in total. The number of carbonyl (C=O) groups excluding carboxylic acids is 2. The van der Waals surface area contributed by atoms with Crippen molar-refractivity contribution in [1.29, 1.82) is 0 Å². The molecule has 0 spiro atoms. The number of ether oxygens (including phenoxy) is 2. The number of benzene rings is 3. The number of hydrogen-bond donors (Lipinski definition) is 1. The van der Waals surface area contributed by atoms with Crippen LogP contribution in [0.5, 0.6) is 0 Å². The lowest BCUT2D eigenvalue weighted by Gasteiger charge is -2.41. The number of anilines is 1. The third-order valence-corrected chi connectivity index (χ3v) is 9.50. The molecule has 3 aromatic carbocycles. The Morgan fingerprint density at radius 3 is 2.14 bits per heavy atom. The van der Waals surface area contributed by atoms with Crippen molar-refractivity contribution in [3.63, 3.8) is 0 Å². The summed E-state index contributed by atoms with van der Waals surface area (Å²) in [6.45, 7) is 10.2. The van der Waals surface area contributed by atoms with Crippen molar-refractivity contribution in [3.05, 3.63) is 102 Å². The highest BCUT2D eigenvalue weighted by Crippen LogP contribution is 2.43. The lowest BCUT2D eigenvalue weighted by Crippen LogP contribution is -2.47. The van der Waals surface area contributed by atoms with E-state index in [1.807, 2.05) is 79.4 Å². The van der Waals surface area contributed by atoms with Crippen molar-refractivity contribution >= 4 is 17.5 Å². The third kappa shape index (κ3) is 8.14. The summed E-state index contributed by atoms with van der Waals surface area (Å²) in [5.74, 6) is -1.24. The molecule has 2 amide bonds. The van der Waals surface area contributed by atoms with Crippen molar-refractivity contribution in [2.24, 2.45) is 0 Å². The minimum Gasteiger partial charge on any atom is -0.347 e. The van der Waals surface area contributed by atoms with Gasteiger partial charge in [-0.05, 0) is 93.0 Å². The second-order valence-electron chi connectivity index (χ2n) is 14.0.